The van der Waals surface area contributed by atoms with Crippen molar-refractivity contribution in [3.05, 3.63) is 34.2 Å². The summed E-state index contributed by atoms with van der Waals surface area (Å²) in [5.41, 5.74) is 1.82. The molecule has 1 aromatic carbocycles. The van der Waals surface area contributed by atoms with Gasteiger partial charge in [0.1, 0.15) is 0 Å². The Morgan fingerprint density at radius 1 is 1.47 bits per heavy atom. The zero-order valence-electron chi connectivity index (χ0n) is 9.45. The summed E-state index contributed by atoms with van der Waals surface area (Å²) in [7, 11) is 0. The smallest absolute Gasteiger partial charge is 0.223 e. The number of hydrogen-bond acceptors (Lipinski definition) is 3. The molecule has 0 aliphatic carbocycles. The fourth-order valence-corrected chi connectivity index (χ4v) is 2.58. The van der Waals surface area contributed by atoms with E-state index in [-0.39, 0.29) is 5.91 Å². The van der Waals surface area contributed by atoms with Crippen LogP contribution in [-0.2, 0) is 4.79 Å². The topological polar surface area (TPSA) is 42.0 Å². The van der Waals surface area contributed by atoms with E-state index in [1.807, 2.05) is 31.2 Å². The molecule has 0 fully saturated rings. The van der Waals surface area contributed by atoms with Gasteiger partial charge in [0, 0.05) is 22.4 Å². The summed E-state index contributed by atoms with van der Waals surface area (Å²) in [6.45, 7) is 3.44. The van der Waals surface area contributed by atoms with E-state index in [4.69, 9.17) is 11.6 Å². The van der Waals surface area contributed by atoms with E-state index < -0.39 is 0 Å². The molecule has 1 aromatic heterocycles. The Hall–Kier alpha value is -1.39. The van der Waals surface area contributed by atoms with Gasteiger partial charge >= 0.3 is 0 Å². The molecule has 0 saturated heterocycles. The average Bonchev–Trinajstić information content (AvgIpc) is 2.58. The van der Waals surface area contributed by atoms with E-state index in [9.17, 15) is 4.79 Å². The van der Waals surface area contributed by atoms with Gasteiger partial charge in [0.2, 0.25) is 5.91 Å². The largest absolute Gasteiger partial charge is 0.302 e. The van der Waals surface area contributed by atoms with Crippen molar-refractivity contribution in [2.45, 2.75) is 13.8 Å². The van der Waals surface area contributed by atoms with Crippen LogP contribution in [0, 0.1) is 6.92 Å². The van der Waals surface area contributed by atoms with Crippen molar-refractivity contribution < 1.29 is 4.79 Å². The van der Waals surface area contributed by atoms with Crippen LogP contribution in [0.25, 0.3) is 11.3 Å². The molecule has 5 heteroatoms. The van der Waals surface area contributed by atoms with Crippen LogP contribution in [-0.4, -0.2) is 10.9 Å². The third-order valence-corrected chi connectivity index (χ3v) is 3.30. The molecular weight excluding hydrogens is 256 g/mol. The van der Waals surface area contributed by atoms with E-state index in [0.29, 0.717) is 10.2 Å². The van der Waals surface area contributed by atoms with Crippen LogP contribution >= 0.6 is 22.9 Å². The predicted octanol–water partition coefficient (Wildman–Crippen LogP) is 3.73. The first kappa shape index (κ1) is 12.1. The summed E-state index contributed by atoms with van der Waals surface area (Å²) in [5.74, 6) is -0.114. The standard InChI is InChI=1S/C12H11ClN2OS/c1-7-11(9-4-3-5-10(13)6-9)15-12(17-7)14-8(2)16/h3-6H,1-2H3,(H,14,15,16). The lowest BCUT2D eigenvalue weighted by atomic mass is 10.1. The van der Waals surface area contributed by atoms with Crippen molar-refractivity contribution in [1.29, 1.82) is 0 Å². The molecule has 1 amide bonds. The highest BCUT2D eigenvalue weighted by atomic mass is 35.5. The molecule has 0 radical (unpaired) electrons. The lowest BCUT2D eigenvalue weighted by molar-refractivity contribution is -0.114. The number of rotatable bonds is 2. The van der Waals surface area contributed by atoms with Crippen LogP contribution in [0.2, 0.25) is 5.02 Å². The van der Waals surface area contributed by atoms with Crippen molar-refractivity contribution in [3.63, 3.8) is 0 Å². The van der Waals surface area contributed by atoms with Crippen molar-refractivity contribution in [2.24, 2.45) is 0 Å². The predicted molar refractivity (Wildman–Crippen MR) is 71.6 cm³/mol. The highest BCUT2D eigenvalue weighted by Gasteiger charge is 2.10. The highest BCUT2D eigenvalue weighted by molar-refractivity contribution is 7.16. The number of nitrogens with zero attached hydrogens (tertiary/aromatic N) is 1. The molecule has 0 aliphatic heterocycles. The number of benzene rings is 1. The van der Waals surface area contributed by atoms with Gasteiger partial charge in [-0.3, -0.25) is 4.79 Å². The summed E-state index contributed by atoms with van der Waals surface area (Å²) in [5, 5.41) is 3.98. The van der Waals surface area contributed by atoms with Crippen molar-refractivity contribution in [1.82, 2.24) is 4.98 Å². The van der Waals surface area contributed by atoms with Crippen LogP contribution in [0.15, 0.2) is 24.3 Å². The molecule has 0 aliphatic rings. The van der Waals surface area contributed by atoms with Gasteiger partial charge in [0.05, 0.1) is 5.69 Å². The zero-order valence-corrected chi connectivity index (χ0v) is 11.0. The molecule has 88 valence electrons. The Balaban J connectivity index is 2.39. The van der Waals surface area contributed by atoms with Gasteiger partial charge in [-0.1, -0.05) is 23.7 Å². The number of nitrogens with one attached hydrogen (secondary N) is 1. The van der Waals surface area contributed by atoms with Gasteiger partial charge in [-0.2, -0.15) is 0 Å². The number of aromatic nitrogens is 1. The molecule has 1 N–H and O–H groups in total. The van der Waals surface area contributed by atoms with E-state index in [1.165, 1.54) is 18.3 Å². The lowest BCUT2D eigenvalue weighted by Gasteiger charge is -1.98. The number of halogens is 1. The first-order valence-corrected chi connectivity index (χ1v) is 6.26. The summed E-state index contributed by atoms with van der Waals surface area (Å²) in [6.07, 6.45) is 0. The maximum Gasteiger partial charge on any atom is 0.223 e. The van der Waals surface area contributed by atoms with Crippen LogP contribution < -0.4 is 5.32 Å². The molecule has 0 spiro atoms. The maximum absolute atomic E-state index is 11.0. The quantitative estimate of drug-likeness (QED) is 0.900. The molecule has 2 aromatic rings. The number of thiazole rings is 1. The van der Waals surface area contributed by atoms with Crippen LogP contribution in [0.5, 0.6) is 0 Å². The number of anilines is 1. The molecule has 17 heavy (non-hydrogen) atoms. The van der Waals surface area contributed by atoms with E-state index in [2.05, 4.69) is 10.3 Å². The van der Waals surface area contributed by atoms with Gasteiger partial charge in [-0.15, -0.1) is 11.3 Å². The first-order valence-electron chi connectivity index (χ1n) is 5.07. The van der Waals surface area contributed by atoms with Gasteiger partial charge in [0.15, 0.2) is 5.13 Å². The second-order valence-corrected chi connectivity index (χ2v) is 5.25. The minimum absolute atomic E-state index is 0.114. The van der Waals surface area contributed by atoms with Gasteiger partial charge in [-0.25, -0.2) is 4.98 Å². The van der Waals surface area contributed by atoms with Crippen molar-refractivity contribution in [2.75, 3.05) is 5.32 Å². The van der Waals surface area contributed by atoms with Crippen molar-refractivity contribution in [3.8, 4) is 11.3 Å². The van der Waals surface area contributed by atoms with Crippen LogP contribution in [0.3, 0.4) is 0 Å². The normalized spacial score (nSPS) is 10.3. The molecule has 0 atom stereocenters. The van der Waals surface area contributed by atoms with Gasteiger partial charge in [0.25, 0.3) is 0 Å². The van der Waals surface area contributed by atoms with Crippen LogP contribution in [0.1, 0.15) is 11.8 Å². The maximum atomic E-state index is 11.0. The monoisotopic (exact) mass is 266 g/mol. The summed E-state index contributed by atoms with van der Waals surface area (Å²) < 4.78 is 0. The van der Waals surface area contributed by atoms with E-state index >= 15 is 0 Å². The van der Waals surface area contributed by atoms with E-state index in [1.54, 1.807) is 0 Å². The number of carbonyl (C=O) groups excluding carboxylic acids is 1. The van der Waals surface area contributed by atoms with Gasteiger partial charge < -0.3 is 5.32 Å². The minimum Gasteiger partial charge on any atom is -0.302 e. The fourth-order valence-electron chi connectivity index (χ4n) is 1.50. The number of carbonyl (C=O) groups is 1. The second-order valence-electron chi connectivity index (χ2n) is 3.62. The number of aryl methyl sites for hydroxylation is 1. The zero-order chi connectivity index (χ0) is 12.4. The Morgan fingerprint density at radius 2 is 2.24 bits per heavy atom. The molecule has 0 unspecified atom stereocenters. The molecule has 1 heterocycles. The summed E-state index contributed by atoms with van der Waals surface area (Å²) in [4.78, 5) is 16.4. The summed E-state index contributed by atoms with van der Waals surface area (Å²) >= 11 is 7.40. The molecular formula is C12H11ClN2OS. The lowest BCUT2D eigenvalue weighted by Crippen LogP contribution is -2.04. The Bertz CT molecular complexity index is 565. The van der Waals surface area contributed by atoms with Crippen LogP contribution in [0.4, 0.5) is 5.13 Å². The third-order valence-electron chi connectivity index (χ3n) is 2.18. The third kappa shape index (κ3) is 2.84. The van der Waals surface area contributed by atoms with E-state index in [0.717, 1.165) is 16.1 Å². The molecule has 3 nitrogen and oxygen atoms in total. The number of hydrogen-bond donors (Lipinski definition) is 1. The average molecular weight is 267 g/mol. The first-order chi connectivity index (χ1) is 8.06. The minimum atomic E-state index is -0.114. The Kier molecular flexibility index (Phi) is 3.45. The molecule has 0 bridgehead atoms. The SMILES string of the molecule is CC(=O)Nc1nc(-c2cccc(Cl)c2)c(C)s1. The highest BCUT2D eigenvalue weighted by Crippen LogP contribution is 2.31. The number of amides is 1. The molecule has 2 rings (SSSR count). The van der Waals surface area contributed by atoms with Crippen molar-refractivity contribution >= 4 is 34.0 Å². The Labute approximate surface area is 108 Å². The van der Waals surface area contributed by atoms with Gasteiger partial charge in [-0.05, 0) is 19.1 Å². The summed E-state index contributed by atoms with van der Waals surface area (Å²) in [6, 6.07) is 7.52. The molecule has 0 saturated carbocycles. The second kappa shape index (κ2) is 4.85. The Morgan fingerprint density at radius 3 is 2.88 bits per heavy atom. The fraction of sp³-hybridized carbons (Fsp3) is 0.167.